The zero-order valence-electron chi connectivity index (χ0n) is 17.5. The number of nitrogens with one attached hydrogen (secondary N) is 1. The highest BCUT2D eigenvalue weighted by Gasteiger charge is 2.15. The quantitative estimate of drug-likeness (QED) is 0.274. The second-order valence-corrected chi connectivity index (χ2v) is 9.04. The van der Waals surface area contributed by atoms with Gasteiger partial charge in [0.15, 0.2) is 10.3 Å². The Hall–Kier alpha value is -3.63. The lowest BCUT2D eigenvalue weighted by Crippen LogP contribution is -2.24. The number of carbonyl (C=O) groups excluding carboxylic acids is 1. The molecule has 0 saturated carbocycles. The van der Waals surface area contributed by atoms with E-state index in [9.17, 15) is 9.59 Å². The summed E-state index contributed by atoms with van der Waals surface area (Å²) in [6.07, 6.45) is 1.56. The zero-order chi connectivity index (χ0) is 22.8. The summed E-state index contributed by atoms with van der Waals surface area (Å²) in [5.41, 5.74) is 1.19. The highest BCUT2D eigenvalue weighted by Crippen LogP contribution is 2.29. The molecule has 5 rings (SSSR count). The van der Waals surface area contributed by atoms with Crippen molar-refractivity contribution < 1.29 is 13.9 Å². The Bertz CT molecular complexity index is 1510. The summed E-state index contributed by atoms with van der Waals surface area (Å²) in [7, 11) is 1.61. The molecule has 0 saturated heterocycles. The Morgan fingerprint density at radius 2 is 2.03 bits per heavy atom. The fourth-order valence-electron chi connectivity index (χ4n) is 3.33. The molecule has 3 heterocycles. The van der Waals surface area contributed by atoms with Crippen LogP contribution in [0.2, 0.25) is 0 Å². The van der Waals surface area contributed by atoms with Gasteiger partial charge in [-0.3, -0.25) is 14.2 Å². The van der Waals surface area contributed by atoms with E-state index in [4.69, 9.17) is 9.15 Å². The Morgan fingerprint density at radius 3 is 2.85 bits per heavy atom. The third-order valence-corrected chi connectivity index (χ3v) is 6.80. The van der Waals surface area contributed by atoms with Crippen LogP contribution in [0.3, 0.4) is 0 Å². The maximum Gasteiger partial charge on any atom is 0.262 e. The largest absolute Gasteiger partial charge is 0.497 e. The van der Waals surface area contributed by atoms with Crippen LogP contribution in [-0.4, -0.2) is 33.3 Å². The van der Waals surface area contributed by atoms with Crippen molar-refractivity contribution in [3.63, 3.8) is 0 Å². The van der Waals surface area contributed by atoms with E-state index >= 15 is 0 Å². The Labute approximate surface area is 196 Å². The summed E-state index contributed by atoms with van der Waals surface area (Å²) in [6, 6.07) is 16.3. The van der Waals surface area contributed by atoms with E-state index in [1.165, 1.54) is 27.7 Å². The summed E-state index contributed by atoms with van der Waals surface area (Å²) < 4.78 is 13.1. The van der Waals surface area contributed by atoms with E-state index in [1.54, 1.807) is 43.7 Å². The molecule has 166 valence electrons. The van der Waals surface area contributed by atoms with E-state index in [0.29, 0.717) is 27.0 Å². The highest BCUT2D eigenvalue weighted by molar-refractivity contribution is 7.99. The first-order valence-electron chi connectivity index (χ1n) is 10.00. The molecule has 0 aliphatic rings. The molecule has 0 fully saturated rings. The number of furan rings is 1. The van der Waals surface area contributed by atoms with Crippen molar-refractivity contribution in [1.29, 1.82) is 0 Å². The summed E-state index contributed by atoms with van der Waals surface area (Å²) in [5, 5.41) is 4.29. The van der Waals surface area contributed by atoms with E-state index in [-0.39, 0.29) is 23.8 Å². The van der Waals surface area contributed by atoms with Crippen LogP contribution in [0.15, 0.2) is 75.2 Å². The normalized spacial score (nSPS) is 11.2. The van der Waals surface area contributed by atoms with Crippen molar-refractivity contribution in [2.24, 2.45) is 0 Å². The van der Waals surface area contributed by atoms with Crippen molar-refractivity contribution in [3.8, 4) is 5.75 Å². The number of methoxy groups -OCH3 is 1. The van der Waals surface area contributed by atoms with Crippen LogP contribution in [0, 0.1) is 0 Å². The van der Waals surface area contributed by atoms with Crippen molar-refractivity contribution in [2.75, 3.05) is 18.2 Å². The number of thioether (sulfide) groups is 1. The molecule has 0 spiro atoms. The molecule has 3 aromatic heterocycles. The third-order valence-electron chi connectivity index (χ3n) is 4.89. The van der Waals surface area contributed by atoms with Gasteiger partial charge in [-0.15, -0.1) is 0 Å². The van der Waals surface area contributed by atoms with Crippen molar-refractivity contribution >= 4 is 55.3 Å². The average molecular weight is 479 g/mol. The van der Waals surface area contributed by atoms with Gasteiger partial charge in [0.05, 0.1) is 46.8 Å². The maximum atomic E-state index is 13.1. The summed E-state index contributed by atoms with van der Waals surface area (Å²) >= 11 is 2.56. The van der Waals surface area contributed by atoms with Gasteiger partial charge in [0, 0.05) is 0 Å². The van der Waals surface area contributed by atoms with E-state index in [1.807, 2.05) is 24.3 Å². The molecule has 33 heavy (non-hydrogen) atoms. The number of nitrogens with zero attached hydrogens (tertiary/aromatic N) is 3. The molecule has 2 aromatic carbocycles. The number of benzene rings is 2. The maximum absolute atomic E-state index is 13.1. The van der Waals surface area contributed by atoms with Crippen molar-refractivity contribution in [1.82, 2.24) is 14.5 Å². The molecule has 0 atom stereocenters. The van der Waals surface area contributed by atoms with Crippen LogP contribution in [-0.2, 0) is 11.3 Å². The van der Waals surface area contributed by atoms with Crippen LogP contribution in [0.5, 0.6) is 5.75 Å². The molecule has 1 amide bonds. The van der Waals surface area contributed by atoms with Gasteiger partial charge in [-0.05, 0) is 42.5 Å². The number of para-hydroxylation sites is 1. The number of carbonyl (C=O) groups is 1. The standard InChI is InChI=1S/C23H18N4O4S2/c1-30-14-8-9-18-19(11-14)33-22(24-18)26-20(28)13-32-23-25-17-7-3-2-6-16(17)21(29)27(23)12-15-5-4-10-31-15/h2-11H,12-13H2,1H3,(H,24,26,28). The van der Waals surface area contributed by atoms with Gasteiger partial charge in [0.25, 0.3) is 5.56 Å². The molecule has 0 radical (unpaired) electrons. The SMILES string of the molecule is COc1ccc2nc(NC(=O)CSc3nc4ccccc4c(=O)n3Cc3ccco3)sc2c1. The summed E-state index contributed by atoms with van der Waals surface area (Å²) in [4.78, 5) is 34.8. The summed E-state index contributed by atoms with van der Waals surface area (Å²) in [5.74, 6) is 1.20. The van der Waals surface area contributed by atoms with E-state index in [2.05, 4.69) is 15.3 Å². The molecule has 8 nitrogen and oxygen atoms in total. The van der Waals surface area contributed by atoms with Gasteiger partial charge in [-0.1, -0.05) is 35.2 Å². The van der Waals surface area contributed by atoms with Crippen LogP contribution in [0.1, 0.15) is 5.76 Å². The van der Waals surface area contributed by atoms with Gasteiger partial charge in [0.1, 0.15) is 11.5 Å². The number of amides is 1. The predicted octanol–water partition coefficient (Wildman–Crippen LogP) is 4.39. The van der Waals surface area contributed by atoms with Crippen LogP contribution in [0.25, 0.3) is 21.1 Å². The second kappa shape index (κ2) is 9.08. The lowest BCUT2D eigenvalue weighted by molar-refractivity contribution is -0.113. The monoisotopic (exact) mass is 478 g/mol. The molecule has 0 bridgehead atoms. The number of rotatable bonds is 7. The van der Waals surface area contributed by atoms with Crippen molar-refractivity contribution in [2.45, 2.75) is 11.7 Å². The van der Waals surface area contributed by atoms with Crippen LogP contribution >= 0.6 is 23.1 Å². The molecular formula is C23H18N4O4S2. The van der Waals surface area contributed by atoms with Gasteiger partial charge in [-0.25, -0.2) is 9.97 Å². The van der Waals surface area contributed by atoms with Gasteiger partial charge >= 0.3 is 0 Å². The summed E-state index contributed by atoms with van der Waals surface area (Å²) in [6.45, 7) is 0.229. The minimum Gasteiger partial charge on any atom is -0.497 e. The second-order valence-electron chi connectivity index (χ2n) is 7.07. The Kier molecular flexibility index (Phi) is 5.84. The smallest absolute Gasteiger partial charge is 0.262 e. The fourth-order valence-corrected chi connectivity index (χ4v) is 5.04. The molecule has 10 heteroatoms. The van der Waals surface area contributed by atoms with E-state index in [0.717, 1.165) is 16.0 Å². The van der Waals surface area contributed by atoms with Gasteiger partial charge in [0.2, 0.25) is 5.91 Å². The first-order valence-corrected chi connectivity index (χ1v) is 11.8. The van der Waals surface area contributed by atoms with Crippen LogP contribution in [0.4, 0.5) is 5.13 Å². The first kappa shape index (κ1) is 21.2. The first-order chi connectivity index (χ1) is 16.1. The topological polar surface area (TPSA) is 99.3 Å². The lowest BCUT2D eigenvalue weighted by Gasteiger charge is -2.12. The molecule has 1 N–H and O–H groups in total. The minimum atomic E-state index is -0.238. The fraction of sp³-hybridized carbons (Fsp3) is 0.130. The van der Waals surface area contributed by atoms with Crippen molar-refractivity contribution in [3.05, 3.63) is 77.0 Å². The Balaban J connectivity index is 1.37. The van der Waals surface area contributed by atoms with Crippen LogP contribution < -0.4 is 15.6 Å². The number of hydrogen-bond acceptors (Lipinski definition) is 8. The molecule has 5 aromatic rings. The number of fused-ring (bicyclic) bond motifs is 2. The third kappa shape index (κ3) is 4.48. The molecule has 0 aliphatic heterocycles. The number of thiazole rings is 1. The van der Waals surface area contributed by atoms with E-state index < -0.39 is 0 Å². The minimum absolute atomic E-state index is 0.0716. The predicted molar refractivity (Wildman–Crippen MR) is 129 cm³/mol. The highest BCUT2D eigenvalue weighted by atomic mass is 32.2. The van der Waals surface area contributed by atoms with Gasteiger partial charge < -0.3 is 14.5 Å². The Morgan fingerprint density at radius 1 is 1.15 bits per heavy atom. The van der Waals surface area contributed by atoms with Gasteiger partial charge in [-0.2, -0.15) is 0 Å². The number of hydrogen-bond donors (Lipinski definition) is 1. The lowest BCUT2D eigenvalue weighted by atomic mass is 10.2. The zero-order valence-corrected chi connectivity index (χ0v) is 19.1. The molecular weight excluding hydrogens is 460 g/mol. The number of anilines is 1. The average Bonchev–Trinajstić information content (AvgIpc) is 3.48. The number of aromatic nitrogens is 3. The molecule has 0 aliphatic carbocycles. The number of ether oxygens (including phenoxy) is 1. The molecule has 0 unspecified atom stereocenters.